The molecule has 0 aliphatic carbocycles. The number of benzene rings is 5. The number of halogens is 2. The van der Waals surface area contributed by atoms with Crippen molar-refractivity contribution in [1.82, 2.24) is 0 Å². The Hall–Kier alpha value is -6.67. The molecule has 5 aromatic carbocycles. The molecule has 0 atom stereocenters. The molecule has 0 fully saturated rings. The van der Waals surface area contributed by atoms with E-state index in [0.717, 1.165) is 25.7 Å². The lowest BCUT2D eigenvalue weighted by Gasteiger charge is -2.10. The van der Waals surface area contributed by atoms with Crippen molar-refractivity contribution in [3.05, 3.63) is 143 Å². The summed E-state index contributed by atoms with van der Waals surface area (Å²) in [6.45, 7) is 5.44. The summed E-state index contributed by atoms with van der Waals surface area (Å²) in [6, 6.07) is 27.8. The third-order valence-corrected chi connectivity index (χ3v) is 9.86. The first-order valence-corrected chi connectivity index (χ1v) is 21.4. The number of unbranched alkanes of at least 4 members (excludes halogenated alkanes) is 10. The molecule has 11 heteroatoms. The van der Waals surface area contributed by atoms with Crippen LogP contribution in [0.4, 0.5) is 20.2 Å². The molecular weight excluding hydrogens is 789 g/mol. The monoisotopic (exact) mass is 841 g/mol. The van der Waals surface area contributed by atoms with Crippen molar-refractivity contribution in [2.45, 2.75) is 90.9 Å². The van der Waals surface area contributed by atoms with E-state index in [0.29, 0.717) is 35.8 Å². The average molecular weight is 842 g/mol. The minimum atomic E-state index is -0.749. The SMILES string of the molecule is CCCCCCCCOc1ccc(N=Cc2ccc(C(=O)Oc3ccc(C#N)c(OC(=O)c4ccc(C=Nc5ccc(OCCCCCCCC)cc5F)cc4)c3)cc2)c(F)c1. The van der Waals surface area contributed by atoms with Crippen LogP contribution in [-0.2, 0) is 0 Å². The van der Waals surface area contributed by atoms with Gasteiger partial charge in [-0.2, -0.15) is 5.26 Å². The van der Waals surface area contributed by atoms with Crippen LogP contribution in [0.25, 0.3) is 0 Å². The van der Waals surface area contributed by atoms with Crippen molar-refractivity contribution < 1.29 is 37.3 Å². The minimum absolute atomic E-state index is 0.0495. The highest BCUT2D eigenvalue weighted by atomic mass is 19.1. The lowest BCUT2D eigenvalue weighted by Crippen LogP contribution is -2.11. The minimum Gasteiger partial charge on any atom is -0.493 e. The zero-order valence-corrected chi connectivity index (χ0v) is 35.4. The van der Waals surface area contributed by atoms with Gasteiger partial charge in [-0.3, -0.25) is 9.98 Å². The number of esters is 2. The molecule has 0 spiro atoms. The summed E-state index contributed by atoms with van der Waals surface area (Å²) in [7, 11) is 0. The molecule has 322 valence electrons. The van der Waals surface area contributed by atoms with E-state index in [2.05, 4.69) is 23.8 Å². The van der Waals surface area contributed by atoms with Gasteiger partial charge in [0.25, 0.3) is 0 Å². The van der Waals surface area contributed by atoms with Crippen LogP contribution in [0.3, 0.4) is 0 Å². The molecule has 0 amide bonds. The standard InChI is InChI=1S/C51H53F2N3O6/c1-3-5-7-9-11-13-29-59-42-25-27-47(45(52)31-42)55-35-37-15-19-39(20-16-37)50(57)61-44-24-23-41(34-54)49(33-44)62-51(58)40-21-17-38(18-22-40)36-56-48-28-26-43(32-46(48)53)60-30-14-12-10-8-6-4-2/h15-28,31-33,35-36H,3-14,29-30H2,1-2H3. The molecule has 0 saturated carbocycles. The van der Waals surface area contributed by atoms with Crippen LogP contribution >= 0.6 is 0 Å². The summed E-state index contributed by atoms with van der Waals surface area (Å²) < 4.78 is 51.9. The number of aliphatic imine (C=N–C) groups is 2. The molecule has 0 saturated heterocycles. The Morgan fingerprint density at radius 2 is 0.984 bits per heavy atom. The van der Waals surface area contributed by atoms with Crippen molar-refractivity contribution in [2.75, 3.05) is 13.2 Å². The Morgan fingerprint density at radius 3 is 1.44 bits per heavy atom. The number of hydrogen-bond donors (Lipinski definition) is 0. The zero-order valence-electron chi connectivity index (χ0n) is 35.4. The highest BCUT2D eigenvalue weighted by Gasteiger charge is 2.16. The van der Waals surface area contributed by atoms with Gasteiger partial charge in [-0.15, -0.1) is 0 Å². The van der Waals surface area contributed by atoms with Gasteiger partial charge in [0.2, 0.25) is 0 Å². The average Bonchev–Trinajstić information content (AvgIpc) is 3.28. The van der Waals surface area contributed by atoms with Crippen molar-refractivity contribution in [3.8, 4) is 29.1 Å². The Bertz CT molecular complexity index is 2320. The van der Waals surface area contributed by atoms with Crippen LogP contribution in [0, 0.1) is 23.0 Å². The summed E-state index contributed by atoms with van der Waals surface area (Å²) in [5.74, 6) is -1.59. The van der Waals surface area contributed by atoms with Crippen LogP contribution in [-0.4, -0.2) is 37.6 Å². The maximum Gasteiger partial charge on any atom is 0.343 e. The number of nitrogens with zero attached hydrogens (tertiary/aromatic N) is 3. The van der Waals surface area contributed by atoms with Crippen LogP contribution in [0.2, 0.25) is 0 Å². The van der Waals surface area contributed by atoms with Crippen LogP contribution in [0.5, 0.6) is 23.0 Å². The molecule has 0 heterocycles. The molecule has 62 heavy (non-hydrogen) atoms. The van der Waals surface area contributed by atoms with Gasteiger partial charge < -0.3 is 18.9 Å². The van der Waals surface area contributed by atoms with Gasteiger partial charge in [-0.25, -0.2) is 18.4 Å². The van der Waals surface area contributed by atoms with Gasteiger partial charge in [0.15, 0.2) is 17.4 Å². The third-order valence-electron chi connectivity index (χ3n) is 9.86. The first kappa shape index (κ1) is 46.4. The van der Waals surface area contributed by atoms with E-state index >= 15 is 0 Å². The van der Waals surface area contributed by atoms with E-state index in [1.165, 1.54) is 118 Å². The van der Waals surface area contributed by atoms with Crippen molar-refractivity contribution in [1.29, 1.82) is 5.26 Å². The lowest BCUT2D eigenvalue weighted by atomic mass is 10.1. The number of rotatable bonds is 24. The van der Waals surface area contributed by atoms with Crippen LogP contribution < -0.4 is 18.9 Å². The maximum atomic E-state index is 14.7. The Morgan fingerprint density at radius 1 is 0.548 bits per heavy atom. The highest BCUT2D eigenvalue weighted by Crippen LogP contribution is 2.28. The summed E-state index contributed by atoms with van der Waals surface area (Å²) in [4.78, 5) is 34.6. The van der Waals surface area contributed by atoms with E-state index in [1.807, 2.05) is 6.07 Å². The number of nitriles is 1. The fourth-order valence-electron chi connectivity index (χ4n) is 6.28. The van der Waals surface area contributed by atoms with Gasteiger partial charge in [0.1, 0.15) is 23.3 Å². The Kier molecular flexibility index (Phi) is 18.8. The molecule has 5 rings (SSSR count). The summed E-state index contributed by atoms with van der Waals surface area (Å²) in [6.07, 6.45) is 16.7. The largest absolute Gasteiger partial charge is 0.493 e. The number of ether oxygens (including phenoxy) is 4. The van der Waals surface area contributed by atoms with Gasteiger partial charge in [0, 0.05) is 30.6 Å². The number of hydrogen-bond acceptors (Lipinski definition) is 9. The smallest absolute Gasteiger partial charge is 0.343 e. The molecular formula is C51H53F2N3O6. The maximum absolute atomic E-state index is 14.7. The molecule has 0 aliphatic rings. The first-order chi connectivity index (χ1) is 30.3. The van der Waals surface area contributed by atoms with Gasteiger partial charge in [-0.05, 0) is 84.6 Å². The van der Waals surface area contributed by atoms with Gasteiger partial charge in [-0.1, -0.05) is 102 Å². The number of carbonyl (C=O) groups is 2. The normalized spacial score (nSPS) is 11.1. The molecule has 0 radical (unpaired) electrons. The quantitative estimate of drug-likeness (QED) is 0.0262. The molecule has 0 unspecified atom stereocenters. The second-order valence-electron chi connectivity index (χ2n) is 14.8. The molecule has 5 aromatic rings. The molecule has 9 nitrogen and oxygen atoms in total. The fraction of sp³-hybridized carbons (Fsp3) is 0.314. The molecule has 0 bridgehead atoms. The fourth-order valence-corrected chi connectivity index (χ4v) is 6.28. The topological polar surface area (TPSA) is 120 Å². The van der Waals surface area contributed by atoms with E-state index < -0.39 is 23.6 Å². The zero-order chi connectivity index (χ0) is 43.9. The van der Waals surface area contributed by atoms with Crippen LogP contribution in [0.1, 0.15) is 128 Å². The van der Waals surface area contributed by atoms with Gasteiger partial charge >= 0.3 is 11.9 Å². The summed E-state index contributed by atoms with van der Waals surface area (Å²) in [5.41, 5.74) is 1.99. The Balaban J connectivity index is 1.10. The molecule has 0 N–H and O–H groups in total. The second-order valence-corrected chi connectivity index (χ2v) is 14.8. The first-order valence-electron chi connectivity index (χ1n) is 21.4. The predicted molar refractivity (Wildman–Crippen MR) is 239 cm³/mol. The highest BCUT2D eigenvalue weighted by molar-refractivity contribution is 5.94. The number of carbonyl (C=O) groups excluding carboxylic acids is 2. The summed E-state index contributed by atoms with van der Waals surface area (Å²) >= 11 is 0. The van der Waals surface area contributed by atoms with Crippen molar-refractivity contribution >= 4 is 35.7 Å². The van der Waals surface area contributed by atoms with Crippen molar-refractivity contribution in [3.63, 3.8) is 0 Å². The van der Waals surface area contributed by atoms with E-state index in [4.69, 9.17) is 18.9 Å². The second kappa shape index (κ2) is 25.2. The third kappa shape index (κ3) is 15.1. The molecule has 0 aliphatic heterocycles. The summed E-state index contributed by atoms with van der Waals surface area (Å²) in [5, 5.41) is 9.66. The van der Waals surface area contributed by atoms with Crippen molar-refractivity contribution in [2.24, 2.45) is 9.98 Å². The van der Waals surface area contributed by atoms with Crippen LogP contribution in [0.15, 0.2) is 113 Å². The van der Waals surface area contributed by atoms with Gasteiger partial charge in [0.05, 0.1) is 41.3 Å². The van der Waals surface area contributed by atoms with E-state index in [1.54, 1.807) is 48.5 Å². The van der Waals surface area contributed by atoms with E-state index in [-0.39, 0.29) is 39.6 Å². The predicted octanol–water partition coefficient (Wildman–Crippen LogP) is 13.3. The molecule has 0 aromatic heterocycles. The van der Waals surface area contributed by atoms with E-state index in [9.17, 15) is 23.6 Å². The lowest BCUT2D eigenvalue weighted by molar-refractivity contribution is 0.0732. The Labute approximate surface area is 363 Å².